The van der Waals surface area contributed by atoms with Crippen LogP contribution in [0, 0.1) is 5.82 Å². The molecule has 0 aliphatic rings. The lowest BCUT2D eigenvalue weighted by Crippen LogP contribution is -1.79. The summed E-state index contributed by atoms with van der Waals surface area (Å²) in [4.78, 5) is 3.71. The first-order valence-electron chi connectivity index (χ1n) is 4.03. The third-order valence-electron chi connectivity index (χ3n) is 1.57. The molecule has 0 amide bonds. The third kappa shape index (κ3) is 3.19. The van der Waals surface area contributed by atoms with E-state index in [4.69, 9.17) is 14.5 Å². The molecule has 0 unspecified atom stereocenters. The van der Waals surface area contributed by atoms with Gasteiger partial charge in [0, 0.05) is 0 Å². The Morgan fingerprint density at radius 2 is 1.93 bits per heavy atom. The fourth-order valence-electron chi connectivity index (χ4n) is 1.01. The molecule has 0 aliphatic heterocycles. The monoisotopic (exact) mass is 208 g/mol. The molecule has 0 bridgehead atoms. The van der Waals surface area contributed by atoms with E-state index < -0.39 is 0 Å². The van der Waals surface area contributed by atoms with Crippen molar-refractivity contribution >= 4 is 7.69 Å². The number of nitrogens with zero attached hydrogens (tertiary/aromatic N) is 1. The minimum Gasteiger partial charge on any atom is -0.443 e. The van der Waals surface area contributed by atoms with Crippen molar-refractivity contribution in [2.45, 2.75) is 0 Å². The summed E-state index contributed by atoms with van der Waals surface area (Å²) < 4.78 is 18.0. The Hall–Kier alpha value is -1.66. The summed E-state index contributed by atoms with van der Waals surface area (Å²) >= 11 is 0. The predicted molar refractivity (Wildman–Crippen MR) is 52.1 cm³/mol. The van der Waals surface area contributed by atoms with Gasteiger partial charge >= 0.3 is 7.69 Å². The molecule has 0 aliphatic carbocycles. The highest BCUT2D eigenvalue weighted by Crippen LogP contribution is 2.20. The van der Waals surface area contributed by atoms with Crippen molar-refractivity contribution in [3.8, 4) is 11.3 Å². The van der Waals surface area contributed by atoms with Crippen LogP contribution >= 0.6 is 0 Å². The number of hydrogen-bond donors (Lipinski definition) is 2. The minimum atomic E-state index is -0.297. The molecule has 4 nitrogen and oxygen atoms in total. The van der Waals surface area contributed by atoms with E-state index in [1.54, 1.807) is 18.2 Å². The maximum atomic E-state index is 13.1. The maximum Gasteiger partial charge on any atom is 0.482 e. The molecule has 2 N–H and O–H groups in total. The molecule has 0 fully saturated rings. The molecule has 77 valence electrons. The van der Waals surface area contributed by atoms with Crippen molar-refractivity contribution < 1.29 is 18.9 Å². The van der Waals surface area contributed by atoms with Crippen LogP contribution in [0.2, 0.25) is 0 Å². The van der Waals surface area contributed by atoms with Crippen LogP contribution in [-0.2, 0) is 0 Å². The molecule has 1 aromatic heterocycles. The van der Waals surface area contributed by atoms with E-state index in [9.17, 15) is 4.39 Å². The lowest BCUT2D eigenvalue weighted by Gasteiger charge is -1.95. The molecule has 0 saturated heterocycles. The van der Waals surface area contributed by atoms with E-state index in [1.165, 1.54) is 18.7 Å². The normalized spacial score (nSPS) is 9.00. The summed E-state index contributed by atoms with van der Waals surface area (Å²) in [6, 6.07) is 6.42. The van der Waals surface area contributed by atoms with Gasteiger partial charge in [0.1, 0.15) is 5.82 Å². The van der Waals surface area contributed by atoms with Gasteiger partial charge in [0.15, 0.2) is 12.2 Å². The SMILES string of the molecule is Fc1ccccc1-c1cnco1.O[B]O. The van der Waals surface area contributed by atoms with Gasteiger partial charge in [0.05, 0.1) is 11.8 Å². The second kappa shape index (κ2) is 5.95. The quantitative estimate of drug-likeness (QED) is 0.685. The Morgan fingerprint density at radius 1 is 1.27 bits per heavy atom. The molecule has 2 rings (SSSR count). The molecular formula is C9H8BFNO3. The fraction of sp³-hybridized carbons (Fsp3) is 0. The highest BCUT2D eigenvalue weighted by atomic mass is 19.1. The average Bonchev–Trinajstić information content (AvgIpc) is 2.72. The molecule has 2 aromatic rings. The summed E-state index contributed by atoms with van der Waals surface area (Å²) in [6.45, 7) is 0. The van der Waals surface area contributed by atoms with Gasteiger partial charge < -0.3 is 14.5 Å². The van der Waals surface area contributed by atoms with Crippen LogP contribution in [-0.4, -0.2) is 22.7 Å². The number of hydrogen-bond acceptors (Lipinski definition) is 4. The zero-order chi connectivity index (χ0) is 11.1. The molecule has 1 heterocycles. The summed E-state index contributed by atoms with van der Waals surface area (Å²) in [5.41, 5.74) is 0.440. The van der Waals surface area contributed by atoms with E-state index in [-0.39, 0.29) is 13.5 Å². The van der Waals surface area contributed by atoms with Crippen molar-refractivity contribution in [1.29, 1.82) is 0 Å². The topological polar surface area (TPSA) is 66.5 Å². The van der Waals surface area contributed by atoms with Crippen LogP contribution in [0.15, 0.2) is 41.3 Å². The molecule has 1 aromatic carbocycles. The summed E-state index contributed by atoms with van der Waals surface area (Å²) in [6.07, 6.45) is 2.76. The van der Waals surface area contributed by atoms with Crippen LogP contribution in [0.3, 0.4) is 0 Å². The van der Waals surface area contributed by atoms with Gasteiger partial charge in [0.25, 0.3) is 0 Å². The Kier molecular flexibility index (Phi) is 4.53. The zero-order valence-corrected chi connectivity index (χ0v) is 7.67. The second-order valence-electron chi connectivity index (χ2n) is 2.46. The lowest BCUT2D eigenvalue weighted by atomic mass is 10.2. The first-order chi connectivity index (χ1) is 7.29. The van der Waals surface area contributed by atoms with Crippen molar-refractivity contribution in [1.82, 2.24) is 4.98 Å². The first-order valence-corrected chi connectivity index (χ1v) is 4.03. The van der Waals surface area contributed by atoms with Crippen LogP contribution in [0.1, 0.15) is 0 Å². The van der Waals surface area contributed by atoms with Crippen molar-refractivity contribution in [2.24, 2.45) is 0 Å². The summed E-state index contributed by atoms with van der Waals surface area (Å²) in [7, 11) is 0. The van der Waals surface area contributed by atoms with Crippen LogP contribution in [0.5, 0.6) is 0 Å². The third-order valence-corrected chi connectivity index (χ3v) is 1.57. The molecular weight excluding hydrogens is 200 g/mol. The van der Waals surface area contributed by atoms with Gasteiger partial charge in [-0.15, -0.1) is 0 Å². The molecule has 0 atom stereocenters. The van der Waals surface area contributed by atoms with Gasteiger partial charge in [-0.1, -0.05) is 12.1 Å². The van der Waals surface area contributed by atoms with E-state index in [0.717, 1.165) is 0 Å². The van der Waals surface area contributed by atoms with Gasteiger partial charge in [-0.25, -0.2) is 9.37 Å². The summed E-state index contributed by atoms with van der Waals surface area (Å²) in [5.74, 6) is 0.155. The van der Waals surface area contributed by atoms with E-state index in [0.29, 0.717) is 11.3 Å². The predicted octanol–water partition coefficient (Wildman–Crippen LogP) is 0.986. The number of rotatable bonds is 1. The molecule has 6 heteroatoms. The Balaban J connectivity index is 0.000000337. The zero-order valence-electron chi connectivity index (χ0n) is 7.67. The lowest BCUT2D eigenvalue weighted by molar-refractivity contribution is 0.448. The largest absolute Gasteiger partial charge is 0.482 e. The number of halogens is 1. The van der Waals surface area contributed by atoms with Crippen molar-refractivity contribution in [3.05, 3.63) is 42.7 Å². The van der Waals surface area contributed by atoms with E-state index in [1.807, 2.05) is 0 Å². The second-order valence-corrected chi connectivity index (χ2v) is 2.46. The number of aromatic nitrogens is 1. The Bertz CT molecular complexity index is 394. The van der Waals surface area contributed by atoms with E-state index in [2.05, 4.69) is 4.98 Å². The standard InChI is InChI=1S/C9H6FNO.BH2O2/c10-8-4-2-1-3-7(8)9-5-11-6-12-9;2-1-3/h1-6H;2-3H. The van der Waals surface area contributed by atoms with Gasteiger partial charge in [0.2, 0.25) is 0 Å². The van der Waals surface area contributed by atoms with E-state index >= 15 is 0 Å². The molecule has 0 saturated carbocycles. The van der Waals surface area contributed by atoms with Crippen molar-refractivity contribution in [2.75, 3.05) is 0 Å². The molecule has 0 spiro atoms. The van der Waals surface area contributed by atoms with Crippen LogP contribution in [0.4, 0.5) is 4.39 Å². The Morgan fingerprint density at radius 3 is 2.47 bits per heavy atom. The number of oxazole rings is 1. The average molecular weight is 208 g/mol. The van der Waals surface area contributed by atoms with Gasteiger partial charge in [-0.05, 0) is 12.1 Å². The van der Waals surface area contributed by atoms with Crippen LogP contribution < -0.4 is 0 Å². The highest BCUT2D eigenvalue weighted by molar-refractivity contribution is 6.13. The number of benzene rings is 1. The first kappa shape index (κ1) is 11.4. The molecule has 1 radical (unpaired) electrons. The highest BCUT2D eigenvalue weighted by Gasteiger charge is 2.05. The van der Waals surface area contributed by atoms with Gasteiger partial charge in [-0.2, -0.15) is 0 Å². The fourth-order valence-corrected chi connectivity index (χ4v) is 1.01. The van der Waals surface area contributed by atoms with Gasteiger partial charge in [-0.3, -0.25) is 0 Å². The Labute approximate surface area is 86.3 Å². The van der Waals surface area contributed by atoms with Crippen LogP contribution in [0.25, 0.3) is 11.3 Å². The minimum absolute atomic E-state index is 0. The van der Waals surface area contributed by atoms with Crippen molar-refractivity contribution in [3.63, 3.8) is 0 Å². The smallest absolute Gasteiger partial charge is 0.443 e. The molecule has 15 heavy (non-hydrogen) atoms. The summed E-state index contributed by atoms with van der Waals surface area (Å²) in [5, 5.41) is 14.0. The maximum absolute atomic E-state index is 13.1.